The molecule has 2 aliphatic rings. The Bertz CT molecular complexity index is 1520. The number of halogens is 1. The summed E-state index contributed by atoms with van der Waals surface area (Å²) in [6.45, 7) is 3.19. The zero-order valence-electron chi connectivity index (χ0n) is 20.5. The fourth-order valence-corrected chi connectivity index (χ4v) is 5.72. The summed E-state index contributed by atoms with van der Waals surface area (Å²) < 4.78 is 3.13. The van der Waals surface area contributed by atoms with Gasteiger partial charge in [0.15, 0.2) is 0 Å². The van der Waals surface area contributed by atoms with Crippen molar-refractivity contribution < 1.29 is 0 Å². The monoisotopic (exact) mass is 497 g/mol. The number of fused-ring (bicyclic) bond motifs is 2. The van der Waals surface area contributed by atoms with E-state index in [1.54, 1.807) is 11.6 Å². The highest BCUT2D eigenvalue weighted by atomic mass is 35.5. The number of rotatable bonds is 5. The highest BCUT2D eigenvalue weighted by Crippen LogP contribution is 2.46. The molecular weight excluding hydrogens is 470 g/mol. The molecule has 0 N–H and O–H groups in total. The van der Waals surface area contributed by atoms with Crippen LogP contribution >= 0.6 is 11.6 Å². The first kappa shape index (κ1) is 22.8. The third-order valence-corrected chi connectivity index (χ3v) is 7.83. The van der Waals surface area contributed by atoms with Gasteiger partial charge in [-0.1, -0.05) is 79.2 Å². The molecule has 7 heteroatoms. The lowest BCUT2D eigenvalue weighted by Crippen LogP contribution is -2.37. The normalized spacial score (nSPS) is 18.6. The van der Waals surface area contributed by atoms with E-state index in [0.717, 1.165) is 36.1 Å². The Morgan fingerprint density at radius 1 is 0.972 bits per heavy atom. The van der Waals surface area contributed by atoms with Crippen LogP contribution < -0.4 is 10.7 Å². The lowest BCUT2D eigenvalue weighted by molar-refractivity contribution is 0.581. The van der Waals surface area contributed by atoms with Crippen molar-refractivity contribution in [1.29, 1.82) is 0 Å². The van der Waals surface area contributed by atoms with Crippen molar-refractivity contribution in [3.63, 3.8) is 0 Å². The standard InChI is InChI=1S/C29H28ClN5O/c1-3-20-8-10-21(11-9-20)18-34-28(36)33(2)27(32-34)35-19-29(17-16-22-6-4-5-7-25(22)29)26(31-35)23-12-14-24(30)15-13-23/h4-15H,3,16-19H2,1-2H3/t29-/m0/s1. The van der Waals surface area contributed by atoms with E-state index in [2.05, 4.69) is 55.5 Å². The van der Waals surface area contributed by atoms with Crippen LogP contribution in [0.4, 0.5) is 5.95 Å². The predicted molar refractivity (Wildman–Crippen MR) is 144 cm³/mol. The summed E-state index contributed by atoms with van der Waals surface area (Å²) in [7, 11) is 1.77. The van der Waals surface area contributed by atoms with Gasteiger partial charge < -0.3 is 0 Å². The van der Waals surface area contributed by atoms with Gasteiger partial charge in [-0.05, 0) is 59.2 Å². The van der Waals surface area contributed by atoms with E-state index in [0.29, 0.717) is 24.1 Å². The van der Waals surface area contributed by atoms with E-state index in [-0.39, 0.29) is 11.1 Å². The summed E-state index contributed by atoms with van der Waals surface area (Å²) in [6.07, 6.45) is 2.95. The Labute approximate surface area is 215 Å². The van der Waals surface area contributed by atoms with Crippen LogP contribution in [0.5, 0.6) is 0 Å². The Hall–Kier alpha value is -3.64. The number of benzene rings is 3. The predicted octanol–water partition coefficient (Wildman–Crippen LogP) is 4.95. The summed E-state index contributed by atoms with van der Waals surface area (Å²) in [5.41, 5.74) is 6.61. The maximum absolute atomic E-state index is 13.1. The van der Waals surface area contributed by atoms with Gasteiger partial charge in [-0.3, -0.25) is 4.57 Å². The largest absolute Gasteiger partial charge is 0.347 e. The number of hydrogen-bond donors (Lipinski definition) is 0. The zero-order chi connectivity index (χ0) is 24.9. The minimum absolute atomic E-state index is 0.152. The molecule has 182 valence electrons. The van der Waals surface area contributed by atoms with Gasteiger partial charge in [0.05, 0.1) is 24.2 Å². The molecule has 0 saturated heterocycles. The highest BCUT2D eigenvalue weighted by molar-refractivity contribution is 6.30. The average molecular weight is 498 g/mol. The maximum Gasteiger partial charge on any atom is 0.347 e. The molecule has 3 aromatic carbocycles. The molecule has 36 heavy (non-hydrogen) atoms. The second-order valence-corrected chi connectivity index (χ2v) is 10.2. The van der Waals surface area contributed by atoms with Gasteiger partial charge in [0.1, 0.15) is 0 Å². The second-order valence-electron chi connectivity index (χ2n) is 9.72. The minimum atomic E-state index is -0.264. The highest BCUT2D eigenvalue weighted by Gasteiger charge is 2.49. The SMILES string of the molecule is CCc1ccc(Cn2nc(N3C[C@]4(CCc5ccccc54)C(c4ccc(Cl)cc4)=N3)n(C)c2=O)cc1. The van der Waals surface area contributed by atoms with Crippen LogP contribution in [0.1, 0.15) is 41.2 Å². The zero-order valence-corrected chi connectivity index (χ0v) is 21.2. The smallest absolute Gasteiger partial charge is 0.263 e. The van der Waals surface area contributed by atoms with Gasteiger partial charge >= 0.3 is 5.69 Å². The van der Waals surface area contributed by atoms with Gasteiger partial charge in [0.2, 0.25) is 5.95 Å². The van der Waals surface area contributed by atoms with Gasteiger partial charge in [0, 0.05) is 12.1 Å². The summed E-state index contributed by atoms with van der Waals surface area (Å²) in [4.78, 5) is 13.1. The van der Waals surface area contributed by atoms with Crippen LogP contribution in [0.2, 0.25) is 5.02 Å². The molecule has 1 aliphatic heterocycles. The van der Waals surface area contributed by atoms with Gasteiger partial charge in [-0.2, -0.15) is 5.10 Å². The van der Waals surface area contributed by atoms with Crippen molar-refractivity contribution in [2.75, 3.05) is 11.6 Å². The molecule has 0 bridgehead atoms. The first-order chi connectivity index (χ1) is 17.5. The van der Waals surface area contributed by atoms with E-state index >= 15 is 0 Å². The molecule has 0 fully saturated rings. The van der Waals surface area contributed by atoms with E-state index in [9.17, 15) is 4.79 Å². The Morgan fingerprint density at radius 3 is 2.44 bits per heavy atom. The molecule has 6 rings (SSSR count). The number of aromatic nitrogens is 3. The fourth-order valence-electron chi connectivity index (χ4n) is 5.60. The van der Waals surface area contributed by atoms with Crippen LogP contribution in [0.3, 0.4) is 0 Å². The molecule has 4 aromatic rings. The van der Waals surface area contributed by atoms with Gasteiger partial charge in [0.25, 0.3) is 0 Å². The van der Waals surface area contributed by atoms with E-state index in [1.807, 2.05) is 29.3 Å². The van der Waals surface area contributed by atoms with E-state index in [4.69, 9.17) is 21.8 Å². The number of nitrogens with zero attached hydrogens (tertiary/aromatic N) is 5. The summed E-state index contributed by atoms with van der Waals surface area (Å²) >= 11 is 6.20. The van der Waals surface area contributed by atoms with E-state index in [1.165, 1.54) is 21.4 Å². The summed E-state index contributed by atoms with van der Waals surface area (Å²) in [5, 5.41) is 12.5. The van der Waals surface area contributed by atoms with Crippen molar-refractivity contribution in [3.8, 4) is 0 Å². The second kappa shape index (κ2) is 8.79. The van der Waals surface area contributed by atoms with Crippen molar-refractivity contribution in [2.45, 2.75) is 38.1 Å². The van der Waals surface area contributed by atoms with Crippen molar-refractivity contribution in [3.05, 3.63) is 116 Å². The van der Waals surface area contributed by atoms with Crippen LogP contribution in [0.15, 0.2) is 82.7 Å². The lowest BCUT2D eigenvalue weighted by Gasteiger charge is -2.27. The van der Waals surface area contributed by atoms with Gasteiger partial charge in [-0.15, -0.1) is 5.10 Å². The Morgan fingerprint density at radius 2 is 1.69 bits per heavy atom. The molecule has 0 amide bonds. The lowest BCUT2D eigenvalue weighted by atomic mass is 9.75. The molecule has 1 spiro atoms. The van der Waals surface area contributed by atoms with Crippen molar-refractivity contribution in [2.24, 2.45) is 12.1 Å². The van der Waals surface area contributed by atoms with Crippen LogP contribution in [-0.4, -0.2) is 26.6 Å². The first-order valence-corrected chi connectivity index (χ1v) is 12.8. The Balaban J connectivity index is 1.40. The van der Waals surface area contributed by atoms with Gasteiger partial charge in [-0.25, -0.2) is 14.5 Å². The first-order valence-electron chi connectivity index (χ1n) is 12.4. The molecule has 0 radical (unpaired) electrons. The summed E-state index contributed by atoms with van der Waals surface area (Å²) in [6, 6.07) is 24.8. The third kappa shape index (κ3) is 3.68. The maximum atomic E-state index is 13.1. The Kier molecular flexibility index (Phi) is 5.56. The number of aryl methyl sites for hydroxylation is 2. The quantitative estimate of drug-likeness (QED) is 0.392. The molecule has 6 nitrogen and oxygen atoms in total. The molecule has 0 saturated carbocycles. The minimum Gasteiger partial charge on any atom is -0.263 e. The number of hydrogen-bond acceptors (Lipinski definition) is 4. The van der Waals surface area contributed by atoms with Crippen LogP contribution in [0, 0.1) is 0 Å². The number of anilines is 1. The molecule has 1 aromatic heterocycles. The molecule has 2 heterocycles. The van der Waals surface area contributed by atoms with Crippen LogP contribution in [0.25, 0.3) is 0 Å². The van der Waals surface area contributed by atoms with E-state index < -0.39 is 0 Å². The molecule has 1 atom stereocenters. The van der Waals surface area contributed by atoms with Crippen LogP contribution in [-0.2, 0) is 31.8 Å². The van der Waals surface area contributed by atoms with Crippen molar-refractivity contribution >= 4 is 23.3 Å². The average Bonchev–Trinajstić information content (AvgIpc) is 3.56. The molecule has 1 aliphatic carbocycles. The molecular formula is C29H28ClN5O. The van der Waals surface area contributed by atoms with Crippen molar-refractivity contribution in [1.82, 2.24) is 14.3 Å². The topological polar surface area (TPSA) is 55.4 Å². The third-order valence-electron chi connectivity index (χ3n) is 7.58. The molecule has 0 unspecified atom stereocenters. The number of hydrazone groups is 1. The fraction of sp³-hybridized carbons (Fsp3) is 0.276. The summed E-state index contributed by atoms with van der Waals surface area (Å²) in [5.74, 6) is 0.554.